The minimum atomic E-state index is 0.432. The van der Waals surface area contributed by atoms with Gasteiger partial charge in [0.25, 0.3) is 5.89 Å². The zero-order valence-corrected chi connectivity index (χ0v) is 12.3. The summed E-state index contributed by atoms with van der Waals surface area (Å²) >= 11 is 1.68. The van der Waals surface area contributed by atoms with Crippen LogP contribution < -0.4 is 5.73 Å². The molecular formula is C15H14N4OS. The lowest BCUT2D eigenvalue weighted by Gasteiger charge is -1.99. The number of benzene rings is 1. The second kappa shape index (κ2) is 5.97. The summed E-state index contributed by atoms with van der Waals surface area (Å²) in [7, 11) is 0. The Bertz CT molecular complexity index is 757. The van der Waals surface area contributed by atoms with Gasteiger partial charge in [-0.1, -0.05) is 22.9 Å². The third-order valence-electron chi connectivity index (χ3n) is 2.85. The van der Waals surface area contributed by atoms with Crippen LogP contribution in [-0.4, -0.2) is 15.1 Å². The molecule has 0 aliphatic carbocycles. The van der Waals surface area contributed by atoms with Gasteiger partial charge in [0.05, 0.1) is 5.75 Å². The zero-order valence-electron chi connectivity index (χ0n) is 11.5. The number of nitrogens with two attached hydrogens (primary N) is 1. The predicted octanol–water partition coefficient (Wildman–Crippen LogP) is 3.31. The van der Waals surface area contributed by atoms with E-state index in [1.54, 1.807) is 30.1 Å². The van der Waals surface area contributed by atoms with Gasteiger partial charge in [0.15, 0.2) is 5.82 Å². The molecule has 6 heteroatoms. The highest BCUT2D eigenvalue weighted by Crippen LogP contribution is 2.24. The van der Waals surface area contributed by atoms with Crippen molar-refractivity contribution in [2.75, 3.05) is 5.73 Å². The number of aryl methyl sites for hydroxylation is 1. The average molecular weight is 298 g/mol. The van der Waals surface area contributed by atoms with Gasteiger partial charge >= 0.3 is 0 Å². The first kappa shape index (κ1) is 13.6. The van der Waals surface area contributed by atoms with Gasteiger partial charge in [-0.3, -0.25) is 0 Å². The summed E-state index contributed by atoms with van der Waals surface area (Å²) < 4.78 is 5.26. The van der Waals surface area contributed by atoms with E-state index in [-0.39, 0.29) is 0 Å². The summed E-state index contributed by atoms with van der Waals surface area (Å²) in [4.78, 5) is 9.51. The lowest BCUT2D eigenvalue weighted by Crippen LogP contribution is -1.89. The van der Waals surface area contributed by atoms with Crippen molar-refractivity contribution < 1.29 is 4.52 Å². The second-order valence-corrected chi connectivity index (χ2v) is 5.64. The van der Waals surface area contributed by atoms with Crippen LogP contribution in [0.15, 0.2) is 52.0 Å². The Morgan fingerprint density at radius 1 is 1.24 bits per heavy atom. The van der Waals surface area contributed by atoms with Gasteiger partial charge in [-0.15, -0.1) is 11.8 Å². The van der Waals surface area contributed by atoms with Crippen molar-refractivity contribution in [3.8, 4) is 11.5 Å². The first-order chi connectivity index (χ1) is 10.2. The van der Waals surface area contributed by atoms with E-state index in [9.17, 15) is 0 Å². The van der Waals surface area contributed by atoms with Gasteiger partial charge in [-0.2, -0.15) is 4.98 Å². The minimum absolute atomic E-state index is 0.432. The van der Waals surface area contributed by atoms with Crippen molar-refractivity contribution in [2.24, 2.45) is 0 Å². The smallest absolute Gasteiger partial charge is 0.258 e. The summed E-state index contributed by atoms with van der Waals surface area (Å²) in [5.41, 5.74) is 7.66. The zero-order chi connectivity index (χ0) is 14.7. The Morgan fingerprint density at radius 3 is 2.95 bits per heavy atom. The van der Waals surface area contributed by atoms with E-state index in [0.29, 0.717) is 23.3 Å². The standard InChI is InChI=1S/C15H14N4OS/c1-10-3-2-4-12(7-10)21-9-14-18-15(20-19-14)11-5-6-17-13(16)8-11/h2-8H,9H2,1H3,(H2,16,17). The Morgan fingerprint density at radius 2 is 2.14 bits per heavy atom. The molecule has 1 aromatic carbocycles. The Labute approximate surface area is 126 Å². The molecule has 0 aliphatic heterocycles. The highest BCUT2D eigenvalue weighted by Gasteiger charge is 2.09. The molecule has 2 N–H and O–H groups in total. The average Bonchev–Trinajstić information content (AvgIpc) is 2.94. The van der Waals surface area contributed by atoms with Crippen LogP contribution in [0.1, 0.15) is 11.4 Å². The van der Waals surface area contributed by atoms with E-state index >= 15 is 0 Å². The molecule has 0 fully saturated rings. The first-order valence-corrected chi connectivity index (χ1v) is 7.43. The van der Waals surface area contributed by atoms with Crippen LogP contribution in [0, 0.1) is 6.92 Å². The van der Waals surface area contributed by atoms with E-state index < -0.39 is 0 Å². The SMILES string of the molecule is Cc1cccc(SCc2noc(-c3ccnc(N)c3)n2)c1. The molecule has 3 aromatic rings. The maximum absolute atomic E-state index is 5.65. The van der Waals surface area contributed by atoms with Crippen LogP contribution >= 0.6 is 11.8 Å². The molecular weight excluding hydrogens is 284 g/mol. The van der Waals surface area contributed by atoms with Crippen LogP contribution in [0.25, 0.3) is 11.5 Å². The number of nitrogen functional groups attached to an aromatic ring is 1. The van der Waals surface area contributed by atoms with Gasteiger partial charge in [0.1, 0.15) is 5.82 Å². The van der Waals surface area contributed by atoms with Crippen molar-refractivity contribution in [1.29, 1.82) is 0 Å². The van der Waals surface area contributed by atoms with E-state index in [0.717, 1.165) is 5.56 Å². The first-order valence-electron chi connectivity index (χ1n) is 6.45. The Hall–Kier alpha value is -2.34. The van der Waals surface area contributed by atoms with Crippen LogP contribution in [0.4, 0.5) is 5.82 Å². The summed E-state index contributed by atoms with van der Waals surface area (Å²) in [6.07, 6.45) is 1.62. The number of hydrogen-bond acceptors (Lipinski definition) is 6. The van der Waals surface area contributed by atoms with Gasteiger partial charge in [-0.05, 0) is 31.2 Å². The monoisotopic (exact) mass is 298 g/mol. The molecule has 0 aliphatic rings. The number of nitrogens with zero attached hydrogens (tertiary/aromatic N) is 3. The highest BCUT2D eigenvalue weighted by molar-refractivity contribution is 7.98. The second-order valence-electron chi connectivity index (χ2n) is 4.59. The molecule has 0 atom stereocenters. The molecule has 0 saturated heterocycles. The Kier molecular flexibility index (Phi) is 3.87. The Balaban J connectivity index is 1.71. The molecule has 0 radical (unpaired) electrons. The predicted molar refractivity (Wildman–Crippen MR) is 82.7 cm³/mol. The van der Waals surface area contributed by atoms with E-state index in [1.165, 1.54) is 10.5 Å². The molecule has 3 rings (SSSR count). The molecule has 21 heavy (non-hydrogen) atoms. The number of aromatic nitrogens is 3. The molecule has 2 heterocycles. The fraction of sp³-hybridized carbons (Fsp3) is 0.133. The highest BCUT2D eigenvalue weighted by atomic mass is 32.2. The molecule has 0 unspecified atom stereocenters. The fourth-order valence-electron chi connectivity index (χ4n) is 1.86. The lowest BCUT2D eigenvalue weighted by atomic mass is 10.2. The molecule has 0 saturated carbocycles. The maximum Gasteiger partial charge on any atom is 0.258 e. The van der Waals surface area contributed by atoms with Gasteiger partial charge in [-0.25, -0.2) is 4.98 Å². The lowest BCUT2D eigenvalue weighted by molar-refractivity contribution is 0.425. The summed E-state index contributed by atoms with van der Waals surface area (Å²) in [5, 5.41) is 3.99. The maximum atomic E-state index is 5.65. The minimum Gasteiger partial charge on any atom is -0.384 e. The topological polar surface area (TPSA) is 77.8 Å². The molecule has 106 valence electrons. The summed E-state index contributed by atoms with van der Waals surface area (Å²) in [6.45, 7) is 2.07. The van der Waals surface area contributed by atoms with Crippen molar-refractivity contribution in [1.82, 2.24) is 15.1 Å². The van der Waals surface area contributed by atoms with Gasteiger partial charge in [0.2, 0.25) is 0 Å². The molecule has 0 spiro atoms. The quantitative estimate of drug-likeness (QED) is 0.744. The van der Waals surface area contributed by atoms with Gasteiger partial charge in [0, 0.05) is 16.7 Å². The number of hydrogen-bond donors (Lipinski definition) is 1. The van der Waals surface area contributed by atoms with Crippen molar-refractivity contribution in [3.63, 3.8) is 0 Å². The molecule has 0 amide bonds. The summed E-state index contributed by atoms with van der Waals surface area (Å²) in [5.74, 6) is 2.21. The number of thioether (sulfide) groups is 1. The third-order valence-corrected chi connectivity index (χ3v) is 3.84. The fourth-order valence-corrected chi connectivity index (χ4v) is 2.72. The molecule has 2 aromatic heterocycles. The van der Waals surface area contributed by atoms with Crippen molar-refractivity contribution in [2.45, 2.75) is 17.6 Å². The number of pyridine rings is 1. The van der Waals surface area contributed by atoms with E-state index in [4.69, 9.17) is 10.3 Å². The van der Waals surface area contributed by atoms with Crippen LogP contribution in [-0.2, 0) is 5.75 Å². The largest absolute Gasteiger partial charge is 0.384 e. The third kappa shape index (κ3) is 3.41. The molecule has 0 bridgehead atoms. The van der Waals surface area contributed by atoms with E-state index in [1.807, 2.05) is 6.07 Å². The van der Waals surface area contributed by atoms with Crippen LogP contribution in [0.2, 0.25) is 0 Å². The summed E-state index contributed by atoms with van der Waals surface area (Å²) in [6, 6.07) is 11.8. The number of anilines is 1. The van der Waals surface area contributed by atoms with Crippen molar-refractivity contribution in [3.05, 3.63) is 54.0 Å². The van der Waals surface area contributed by atoms with Crippen LogP contribution in [0.5, 0.6) is 0 Å². The van der Waals surface area contributed by atoms with Crippen LogP contribution in [0.3, 0.4) is 0 Å². The number of rotatable bonds is 4. The normalized spacial score (nSPS) is 10.7. The van der Waals surface area contributed by atoms with Gasteiger partial charge < -0.3 is 10.3 Å². The van der Waals surface area contributed by atoms with Crippen molar-refractivity contribution >= 4 is 17.6 Å². The molecule has 5 nitrogen and oxygen atoms in total. The van der Waals surface area contributed by atoms with E-state index in [2.05, 4.69) is 40.2 Å².